The van der Waals surface area contributed by atoms with Crippen LogP contribution in [0.3, 0.4) is 0 Å². The Bertz CT molecular complexity index is 1060. The lowest BCUT2D eigenvalue weighted by atomic mass is 10.2. The van der Waals surface area contributed by atoms with Gasteiger partial charge in [0.05, 0.1) is 40.9 Å². The molecule has 3 rings (SSSR count). The van der Waals surface area contributed by atoms with Crippen molar-refractivity contribution in [3.8, 4) is 29.2 Å². The average Bonchev–Trinajstić information content (AvgIpc) is 2.96. The summed E-state index contributed by atoms with van der Waals surface area (Å²) in [5, 5.41) is 14.1. The zero-order chi connectivity index (χ0) is 21.0. The highest BCUT2D eigenvalue weighted by Gasteiger charge is 2.18. The van der Waals surface area contributed by atoms with Crippen LogP contribution in [-0.2, 0) is 20.1 Å². The molecule has 1 aromatic heterocycles. The van der Waals surface area contributed by atoms with Crippen molar-refractivity contribution in [2.75, 3.05) is 7.11 Å². The number of hydrogen-bond acceptors (Lipinski definition) is 5. The number of nitrogens with zero attached hydrogens (tertiary/aromatic N) is 3. The first-order valence-electron chi connectivity index (χ1n) is 8.75. The number of benzene rings is 2. The van der Waals surface area contributed by atoms with Gasteiger partial charge in [0.2, 0.25) is 5.88 Å². The molecule has 0 aliphatic carbocycles. The fourth-order valence-corrected chi connectivity index (χ4v) is 3.25. The van der Waals surface area contributed by atoms with Gasteiger partial charge in [-0.15, -0.1) is 0 Å². The van der Waals surface area contributed by atoms with Gasteiger partial charge in [-0.2, -0.15) is 10.4 Å². The van der Waals surface area contributed by atoms with Gasteiger partial charge in [-0.3, -0.25) is 0 Å². The van der Waals surface area contributed by atoms with Crippen molar-refractivity contribution in [1.29, 1.82) is 5.26 Å². The van der Waals surface area contributed by atoms with Gasteiger partial charge in [0.15, 0.2) is 5.75 Å². The van der Waals surface area contributed by atoms with Gasteiger partial charge in [-0.05, 0) is 30.7 Å². The van der Waals surface area contributed by atoms with E-state index in [0.717, 1.165) is 17.0 Å². The van der Waals surface area contributed by atoms with Crippen molar-refractivity contribution >= 4 is 23.2 Å². The van der Waals surface area contributed by atoms with Crippen LogP contribution in [0.25, 0.3) is 0 Å². The highest BCUT2D eigenvalue weighted by atomic mass is 35.5. The normalized spacial score (nSPS) is 10.5. The van der Waals surface area contributed by atoms with E-state index in [1.807, 2.05) is 31.2 Å². The predicted molar refractivity (Wildman–Crippen MR) is 111 cm³/mol. The van der Waals surface area contributed by atoms with E-state index in [9.17, 15) is 0 Å². The molecule has 29 heavy (non-hydrogen) atoms. The number of rotatable bonds is 7. The molecular formula is C21H19Cl2N3O3. The second-order valence-corrected chi connectivity index (χ2v) is 7.09. The number of aromatic nitrogens is 2. The molecule has 0 radical (unpaired) electrons. The van der Waals surface area contributed by atoms with E-state index in [1.165, 1.54) is 0 Å². The number of halogens is 2. The van der Waals surface area contributed by atoms with Gasteiger partial charge < -0.3 is 14.2 Å². The lowest BCUT2D eigenvalue weighted by molar-refractivity contribution is 0.304. The third-order valence-electron chi connectivity index (χ3n) is 4.29. The monoisotopic (exact) mass is 431 g/mol. The number of ether oxygens (including phenoxy) is 3. The molecule has 0 aliphatic rings. The van der Waals surface area contributed by atoms with Gasteiger partial charge in [0.1, 0.15) is 18.1 Å². The van der Waals surface area contributed by atoms with E-state index in [1.54, 1.807) is 31.0 Å². The van der Waals surface area contributed by atoms with Crippen molar-refractivity contribution in [1.82, 2.24) is 9.78 Å². The molecule has 0 amide bonds. The van der Waals surface area contributed by atoms with Crippen molar-refractivity contribution in [2.45, 2.75) is 20.0 Å². The van der Waals surface area contributed by atoms with Crippen LogP contribution in [0.2, 0.25) is 10.0 Å². The maximum atomic E-state index is 9.08. The van der Waals surface area contributed by atoms with E-state index >= 15 is 0 Å². The number of nitriles is 1. The second kappa shape index (κ2) is 9.08. The molecular weight excluding hydrogens is 413 g/mol. The Labute approximate surface area is 179 Å². The van der Waals surface area contributed by atoms with Crippen molar-refractivity contribution < 1.29 is 14.2 Å². The molecule has 150 valence electrons. The Kier molecular flexibility index (Phi) is 6.53. The Morgan fingerprint density at radius 2 is 1.79 bits per heavy atom. The van der Waals surface area contributed by atoms with Crippen LogP contribution in [0.5, 0.6) is 23.1 Å². The van der Waals surface area contributed by atoms with Crippen LogP contribution in [-0.4, -0.2) is 16.9 Å². The maximum Gasteiger partial charge on any atom is 0.222 e. The largest absolute Gasteiger partial charge is 0.497 e. The second-order valence-electron chi connectivity index (χ2n) is 6.28. The van der Waals surface area contributed by atoms with Crippen molar-refractivity contribution in [2.24, 2.45) is 7.05 Å². The quantitative estimate of drug-likeness (QED) is 0.495. The first-order chi connectivity index (χ1) is 13.9. The molecule has 8 heteroatoms. The molecule has 0 saturated heterocycles. The van der Waals surface area contributed by atoms with Gasteiger partial charge in [-0.25, -0.2) is 4.68 Å². The molecule has 0 N–H and O–H groups in total. The van der Waals surface area contributed by atoms with Crippen LogP contribution in [0.1, 0.15) is 16.8 Å². The molecule has 2 aromatic carbocycles. The maximum absolute atomic E-state index is 9.08. The topological polar surface area (TPSA) is 69.3 Å². The molecule has 0 unspecified atom stereocenters. The van der Waals surface area contributed by atoms with Crippen molar-refractivity contribution in [3.63, 3.8) is 0 Å². The summed E-state index contributed by atoms with van der Waals surface area (Å²) in [6, 6.07) is 12.9. The predicted octanol–water partition coefficient (Wildman–Crippen LogP) is 5.48. The minimum Gasteiger partial charge on any atom is -0.497 e. The first kappa shape index (κ1) is 20.8. The van der Waals surface area contributed by atoms with Crippen LogP contribution in [0, 0.1) is 18.3 Å². The van der Waals surface area contributed by atoms with Crippen molar-refractivity contribution in [3.05, 3.63) is 63.3 Å². The summed E-state index contributed by atoms with van der Waals surface area (Å²) in [4.78, 5) is 0. The number of hydrogen-bond donors (Lipinski definition) is 0. The van der Waals surface area contributed by atoms with Crippen LogP contribution in [0.4, 0.5) is 0 Å². The minimum absolute atomic E-state index is 0.182. The molecule has 0 spiro atoms. The standard InChI is InChI=1S/C21H19Cl2N3O3/c1-13-16(8-9-24)21(26(2)25-13)29-20-11-19(17(22)10-18(20)23)28-12-14-4-6-15(27-3)7-5-14/h4-7,10-11H,8,12H2,1-3H3. The van der Waals surface area contributed by atoms with Gasteiger partial charge in [-0.1, -0.05) is 35.3 Å². The Balaban J connectivity index is 1.83. The summed E-state index contributed by atoms with van der Waals surface area (Å²) >= 11 is 12.6. The number of aryl methyl sites for hydroxylation is 2. The zero-order valence-corrected chi connectivity index (χ0v) is 17.7. The van der Waals surface area contributed by atoms with E-state index in [4.69, 9.17) is 42.7 Å². The molecule has 0 aliphatic heterocycles. The van der Waals surface area contributed by atoms with Crippen LogP contribution >= 0.6 is 23.2 Å². The third kappa shape index (κ3) is 4.76. The molecule has 1 heterocycles. The van der Waals surface area contributed by atoms with E-state index < -0.39 is 0 Å². The minimum atomic E-state index is 0.182. The van der Waals surface area contributed by atoms with Crippen LogP contribution in [0.15, 0.2) is 36.4 Å². The summed E-state index contributed by atoms with van der Waals surface area (Å²) in [6.07, 6.45) is 0.182. The summed E-state index contributed by atoms with van der Waals surface area (Å²) in [5.41, 5.74) is 2.39. The highest BCUT2D eigenvalue weighted by molar-refractivity contribution is 6.36. The summed E-state index contributed by atoms with van der Waals surface area (Å²) < 4.78 is 18.6. The Hall–Kier alpha value is -2.88. The fraction of sp³-hybridized carbons (Fsp3) is 0.238. The molecule has 3 aromatic rings. The summed E-state index contributed by atoms with van der Waals surface area (Å²) in [7, 11) is 3.36. The number of methoxy groups -OCH3 is 1. The van der Waals surface area contributed by atoms with E-state index in [0.29, 0.717) is 39.6 Å². The van der Waals surface area contributed by atoms with Gasteiger partial charge in [0.25, 0.3) is 0 Å². The lowest BCUT2D eigenvalue weighted by Gasteiger charge is -2.13. The Morgan fingerprint density at radius 1 is 1.10 bits per heavy atom. The SMILES string of the molecule is COc1ccc(COc2cc(Oc3c(CC#N)c(C)nn3C)c(Cl)cc2Cl)cc1. The van der Waals surface area contributed by atoms with Gasteiger partial charge in [0, 0.05) is 13.1 Å². The third-order valence-corrected chi connectivity index (χ3v) is 4.88. The van der Waals surface area contributed by atoms with Crippen LogP contribution < -0.4 is 14.2 Å². The molecule has 0 atom stereocenters. The Morgan fingerprint density at radius 3 is 2.45 bits per heavy atom. The average molecular weight is 432 g/mol. The van der Waals surface area contributed by atoms with Gasteiger partial charge >= 0.3 is 0 Å². The molecule has 6 nitrogen and oxygen atoms in total. The van der Waals surface area contributed by atoms with E-state index in [-0.39, 0.29) is 6.42 Å². The summed E-state index contributed by atoms with van der Waals surface area (Å²) in [5.74, 6) is 2.02. The smallest absolute Gasteiger partial charge is 0.222 e. The molecule has 0 fully saturated rings. The summed E-state index contributed by atoms with van der Waals surface area (Å²) in [6.45, 7) is 2.14. The molecule has 0 saturated carbocycles. The fourth-order valence-electron chi connectivity index (χ4n) is 2.78. The molecule has 0 bridgehead atoms. The highest BCUT2D eigenvalue weighted by Crippen LogP contribution is 2.39. The zero-order valence-electron chi connectivity index (χ0n) is 16.2. The van der Waals surface area contributed by atoms with E-state index in [2.05, 4.69) is 11.2 Å². The first-order valence-corrected chi connectivity index (χ1v) is 9.50. The lowest BCUT2D eigenvalue weighted by Crippen LogP contribution is -1.99.